The number of allylic oxidation sites excluding steroid dienone is 22. The Morgan fingerprint density at radius 2 is 0.506 bits per heavy atom. The lowest BCUT2D eigenvalue weighted by Crippen LogP contribution is -2.30. The molecule has 436 valence electrons. The number of unbranched alkanes of at least 4 members (excludes halogenated alkanes) is 23. The summed E-state index contributed by atoms with van der Waals surface area (Å²) < 4.78 is 16.9. The first-order chi connectivity index (χ1) is 38.0. The van der Waals surface area contributed by atoms with E-state index in [2.05, 4.69) is 154 Å². The van der Waals surface area contributed by atoms with Crippen LogP contribution >= 0.6 is 0 Å². The Bertz CT molecular complexity index is 1650. The van der Waals surface area contributed by atoms with Gasteiger partial charge in [-0.05, 0) is 135 Å². The molecule has 0 aliphatic carbocycles. The summed E-state index contributed by atoms with van der Waals surface area (Å²) in [5.41, 5.74) is 0. The van der Waals surface area contributed by atoms with E-state index in [0.29, 0.717) is 12.8 Å². The van der Waals surface area contributed by atoms with Crippen LogP contribution in [0.5, 0.6) is 0 Å². The Morgan fingerprint density at radius 3 is 0.805 bits per heavy atom. The first-order valence-electron chi connectivity index (χ1n) is 31.7. The van der Waals surface area contributed by atoms with Crippen molar-refractivity contribution in [1.82, 2.24) is 0 Å². The van der Waals surface area contributed by atoms with Gasteiger partial charge in [0.15, 0.2) is 6.10 Å². The molecule has 0 saturated heterocycles. The zero-order valence-corrected chi connectivity index (χ0v) is 49.9. The fraction of sp³-hybridized carbons (Fsp3) is 0.648. The van der Waals surface area contributed by atoms with Gasteiger partial charge in [0.25, 0.3) is 0 Å². The SMILES string of the molecule is CC/C=C\C/C=C\C/C=C\C/C=C\C/C=C\CCCCCC(=O)OC(COC(=O)CCCCCCCC/C=C\C/C=C\C/C=C\C/C=C\CC)COC(=O)CCCCCCCCCCC/C=C\C/C=C\CCCCCCC. The minimum absolute atomic E-state index is 0.102. The molecule has 0 N–H and O–H groups in total. The minimum atomic E-state index is -0.810. The maximum Gasteiger partial charge on any atom is 0.306 e. The lowest BCUT2D eigenvalue weighted by atomic mass is 10.1. The topological polar surface area (TPSA) is 78.9 Å². The Kier molecular flexibility index (Phi) is 60.4. The van der Waals surface area contributed by atoms with E-state index in [4.69, 9.17) is 14.2 Å². The van der Waals surface area contributed by atoms with Crippen LogP contribution in [0.3, 0.4) is 0 Å². The molecule has 0 radical (unpaired) electrons. The van der Waals surface area contributed by atoms with Crippen molar-refractivity contribution in [1.29, 1.82) is 0 Å². The third-order valence-corrected chi connectivity index (χ3v) is 13.1. The summed E-state index contributed by atoms with van der Waals surface area (Å²) in [6, 6.07) is 0. The zero-order chi connectivity index (χ0) is 55.7. The van der Waals surface area contributed by atoms with E-state index in [1.807, 2.05) is 0 Å². The van der Waals surface area contributed by atoms with E-state index < -0.39 is 6.10 Å². The van der Waals surface area contributed by atoms with Crippen molar-refractivity contribution in [3.05, 3.63) is 134 Å². The van der Waals surface area contributed by atoms with Crippen molar-refractivity contribution in [2.75, 3.05) is 13.2 Å². The molecule has 6 heteroatoms. The van der Waals surface area contributed by atoms with Gasteiger partial charge >= 0.3 is 17.9 Å². The van der Waals surface area contributed by atoms with Gasteiger partial charge in [0.1, 0.15) is 13.2 Å². The fourth-order valence-corrected chi connectivity index (χ4v) is 8.43. The van der Waals surface area contributed by atoms with Crippen LogP contribution in [0.4, 0.5) is 0 Å². The number of carbonyl (C=O) groups is 3. The number of hydrogen-bond donors (Lipinski definition) is 0. The first-order valence-corrected chi connectivity index (χ1v) is 31.7. The molecule has 0 fully saturated rings. The number of ether oxygens (including phenoxy) is 3. The van der Waals surface area contributed by atoms with Crippen LogP contribution in [0.2, 0.25) is 0 Å². The van der Waals surface area contributed by atoms with Gasteiger partial charge < -0.3 is 14.2 Å². The van der Waals surface area contributed by atoms with Gasteiger partial charge in [-0.15, -0.1) is 0 Å². The minimum Gasteiger partial charge on any atom is -0.462 e. The summed E-state index contributed by atoms with van der Waals surface area (Å²) in [7, 11) is 0. The molecule has 0 saturated carbocycles. The molecule has 0 aromatic heterocycles. The first kappa shape index (κ1) is 72.5. The number of carbonyl (C=O) groups excluding carboxylic acids is 3. The summed E-state index contributed by atoms with van der Waals surface area (Å²) in [6.07, 6.45) is 90.2. The molecule has 0 rings (SSSR count). The molecule has 0 aliphatic heterocycles. The van der Waals surface area contributed by atoms with Gasteiger partial charge in [-0.1, -0.05) is 257 Å². The quantitative estimate of drug-likeness (QED) is 0.0261. The molecular formula is C71H116O6. The third-order valence-electron chi connectivity index (χ3n) is 13.1. The second-order valence-corrected chi connectivity index (χ2v) is 20.5. The average Bonchev–Trinajstić information content (AvgIpc) is 3.43. The number of rotatable bonds is 56. The maximum atomic E-state index is 12.9. The second-order valence-electron chi connectivity index (χ2n) is 20.5. The maximum absolute atomic E-state index is 12.9. The molecule has 1 atom stereocenters. The highest BCUT2D eigenvalue weighted by Crippen LogP contribution is 2.15. The van der Waals surface area contributed by atoms with E-state index in [0.717, 1.165) is 141 Å². The summed E-state index contributed by atoms with van der Waals surface area (Å²) in [5.74, 6) is -0.951. The Labute approximate surface area is 475 Å². The van der Waals surface area contributed by atoms with E-state index >= 15 is 0 Å². The van der Waals surface area contributed by atoms with Crippen molar-refractivity contribution in [2.24, 2.45) is 0 Å². The summed E-state index contributed by atoms with van der Waals surface area (Å²) in [5, 5.41) is 0. The molecule has 0 aromatic carbocycles. The van der Waals surface area contributed by atoms with E-state index in [-0.39, 0.29) is 37.5 Å². The smallest absolute Gasteiger partial charge is 0.306 e. The molecule has 77 heavy (non-hydrogen) atoms. The van der Waals surface area contributed by atoms with Gasteiger partial charge in [-0.25, -0.2) is 0 Å². The number of esters is 3. The van der Waals surface area contributed by atoms with Crippen LogP contribution in [-0.4, -0.2) is 37.2 Å². The molecule has 0 aromatic rings. The zero-order valence-electron chi connectivity index (χ0n) is 49.9. The van der Waals surface area contributed by atoms with Gasteiger partial charge in [-0.2, -0.15) is 0 Å². The van der Waals surface area contributed by atoms with E-state index in [1.165, 1.54) is 96.3 Å². The van der Waals surface area contributed by atoms with Gasteiger partial charge in [0.05, 0.1) is 0 Å². The van der Waals surface area contributed by atoms with Crippen molar-refractivity contribution in [2.45, 2.75) is 284 Å². The highest BCUT2D eigenvalue weighted by Gasteiger charge is 2.19. The molecule has 6 nitrogen and oxygen atoms in total. The predicted octanol–water partition coefficient (Wildman–Crippen LogP) is 21.8. The van der Waals surface area contributed by atoms with Crippen LogP contribution in [-0.2, 0) is 28.6 Å². The average molecular weight is 1070 g/mol. The molecular weight excluding hydrogens is 949 g/mol. The van der Waals surface area contributed by atoms with Crippen LogP contribution in [0, 0.1) is 0 Å². The van der Waals surface area contributed by atoms with Crippen molar-refractivity contribution < 1.29 is 28.6 Å². The fourth-order valence-electron chi connectivity index (χ4n) is 8.43. The summed E-state index contributed by atoms with van der Waals surface area (Å²) in [6.45, 7) is 6.37. The standard InChI is InChI=1S/C71H116O6/c1-4-7-10-13-16-19-22-25-28-31-34-35-38-40-43-46-49-52-55-58-61-64-70(73)76-67-68(77-71(74)65-62-59-56-53-50-47-44-41-37-33-30-27-24-21-18-15-12-9-6-3)66-75-69(72)63-60-57-54-51-48-45-42-39-36-32-29-26-23-20-17-14-11-8-5-2/h8-9,11-12,17-18,20-22,25-27,29-31,34,36-37,39,41,47,50,68H,4-7,10,13-16,19,23-24,28,32-33,35,38,40,42-46,48-49,51-67H2,1-3H3/b11-8-,12-9-,20-17-,21-18-,25-22-,29-26-,30-27-,34-31-,39-36-,41-37-,50-47-. The third kappa shape index (κ3) is 62.3. The van der Waals surface area contributed by atoms with Crippen LogP contribution in [0.15, 0.2) is 134 Å². The van der Waals surface area contributed by atoms with E-state index in [9.17, 15) is 14.4 Å². The molecule has 0 spiro atoms. The van der Waals surface area contributed by atoms with E-state index in [1.54, 1.807) is 0 Å². The monoisotopic (exact) mass is 1060 g/mol. The number of hydrogen-bond acceptors (Lipinski definition) is 6. The van der Waals surface area contributed by atoms with Crippen LogP contribution in [0.25, 0.3) is 0 Å². The lowest BCUT2D eigenvalue weighted by molar-refractivity contribution is -0.167. The predicted molar refractivity (Wildman–Crippen MR) is 334 cm³/mol. The largest absolute Gasteiger partial charge is 0.462 e. The summed E-state index contributed by atoms with van der Waals surface area (Å²) in [4.78, 5) is 38.4. The highest BCUT2D eigenvalue weighted by molar-refractivity contribution is 5.71. The summed E-state index contributed by atoms with van der Waals surface area (Å²) >= 11 is 0. The normalized spacial score (nSPS) is 13.0. The van der Waals surface area contributed by atoms with Crippen LogP contribution in [0.1, 0.15) is 278 Å². The van der Waals surface area contributed by atoms with Crippen molar-refractivity contribution >= 4 is 17.9 Å². The molecule has 0 amide bonds. The van der Waals surface area contributed by atoms with Crippen molar-refractivity contribution in [3.8, 4) is 0 Å². The van der Waals surface area contributed by atoms with Gasteiger partial charge in [-0.3, -0.25) is 14.4 Å². The second kappa shape index (κ2) is 64.1. The molecule has 0 bridgehead atoms. The Hall–Kier alpha value is -4.45. The molecule has 1 unspecified atom stereocenters. The lowest BCUT2D eigenvalue weighted by Gasteiger charge is -2.18. The van der Waals surface area contributed by atoms with Gasteiger partial charge in [0.2, 0.25) is 0 Å². The molecule has 0 heterocycles. The molecule has 0 aliphatic rings. The van der Waals surface area contributed by atoms with Gasteiger partial charge in [0, 0.05) is 19.3 Å². The Balaban J connectivity index is 4.49. The highest BCUT2D eigenvalue weighted by atomic mass is 16.6. The van der Waals surface area contributed by atoms with Crippen molar-refractivity contribution in [3.63, 3.8) is 0 Å². The Morgan fingerprint density at radius 1 is 0.273 bits per heavy atom. The van der Waals surface area contributed by atoms with Crippen LogP contribution < -0.4 is 0 Å².